The van der Waals surface area contributed by atoms with Crippen LogP contribution in [0.15, 0.2) is 48.5 Å². The molecule has 1 heterocycles. The average molecular weight is 384 g/mol. The fourth-order valence-electron chi connectivity index (χ4n) is 2.31. The number of carbonyl (C=O) groups excluding carboxylic acids is 1. The van der Waals surface area contributed by atoms with Gasteiger partial charge in [0.1, 0.15) is 5.82 Å². The number of nitrogens with zero attached hydrogens (tertiary/aromatic N) is 2. The molecule has 5 nitrogen and oxygen atoms in total. The van der Waals surface area contributed by atoms with E-state index in [1.165, 1.54) is 19.2 Å². The summed E-state index contributed by atoms with van der Waals surface area (Å²) in [5, 5.41) is 3.19. The van der Waals surface area contributed by atoms with Crippen LogP contribution in [0.1, 0.15) is 16.2 Å². The Kier molecular flexibility index (Phi) is 5.66. The summed E-state index contributed by atoms with van der Waals surface area (Å²) < 4.78 is 43.9. The molecule has 26 heavy (non-hydrogen) atoms. The molecule has 0 unspecified atom stereocenters. The van der Waals surface area contributed by atoms with Gasteiger partial charge in [0.15, 0.2) is 0 Å². The van der Waals surface area contributed by atoms with Gasteiger partial charge in [0.25, 0.3) is 0 Å². The van der Waals surface area contributed by atoms with Crippen molar-refractivity contribution >= 4 is 40.8 Å². The minimum absolute atomic E-state index is 0. The van der Waals surface area contributed by atoms with Crippen molar-refractivity contribution in [3.05, 3.63) is 59.9 Å². The van der Waals surface area contributed by atoms with Crippen molar-refractivity contribution in [2.75, 3.05) is 12.4 Å². The van der Waals surface area contributed by atoms with Crippen LogP contribution in [0.4, 0.5) is 24.7 Å². The highest BCUT2D eigenvalue weighted by Crippen LogP contribution is 2.32. The van der Waals surface area contributed by atoms with E-state index in [-0.39, 0.29) is 35.0 Å². The maximum Gasteiger partial charge on any atom is 0.451 e. The molecule has 136 valence electrons. The van der Waals surface area contributed by atoms with Crippen LogP contribution in [0.25, 0.3) is 10.9 Å². The van der Waals surface area contributed by atoms with Crippen molar-refractivity contribution < 1.29 is 22.7 Å². The Hall–Kier alpha value is -2.87. The van der Waals surface area contributed by atoms with Gasteiger partial charge in [0.05, 0.1) is 23.9 Å². The summed E-state index contributed by atoms with van der Waals surface area (Å²) in [5.41, 5.74) is 0.607. The number of hydrogen-bond donors (Lipinski definition) is 1. The second kappa shape index (κ2) is 7.57. The number of rotatable bonds is 3. The zero-order valence-corrected chi connectivity index (χ0v) is 14.2. The Labute approximate surface area is 152 Å². The van der Waals surface area contributed by atoms with Crippen LogP contribution in [0, 0.1) is 0 Å². The summed E-state index contributed by atoms with van der Waals surface area (Å²) in [7, 11) is 1.22. The Balaban J connectivity index is 0.00000243. The van der Waals surface area contributed by atoms with Crippen LogP contribution in [0.3, 0.4) is 0 Å². The average Bonchev–Trinajstić information content (AvgIpc) is 2.60. The summed E-state index contributed by atoms with van der Waals surface area (Å²) in [6, 6.07) is 12.6. The molecule has 0 radical (unpaired) electrons. The van der Waals surface area contributed by atoms with Gasteiger partial charge in [-0.2, -0.15) is 13.2 Å². The Morgan fingerprint density at radius 1 is 1.04 bits per heavy atom. The van der Waals surface area contributed by atoms with E-state index in [0.717, 1.165) is 0 Å². The minimum Gasteiger partial charge on any atom is -0.465 e. The van der Waals surface area contributed by atoms with E-state index in [2.05, 4.69) is 20.0 Å². The summed E-state index contributed by atoms with van der Waals surface area (Å²) in [4.78, 5) is 19.0. The number of anilines is 2. The number of para-hydroxylation sites is 2. The van der Waals surface area contributed by atoms with E-state index in [0.29, 0.717) is 5.39 Å². The summed E-state index contributed by atoms with van der Waals surface area (Å²) in [6.45, 7) is 0. The molecule has 1 N–H and O–H groups in total. The SMILES string of the molecule is COC(=O)c1ccccc1Nc1nc(C(F)(F)F)nc2ccccc12.Cl. The Morgan fingerprint density at radius 2 is 1.69 bits per heavy atom. The Morgan fingerprint density at radius 3 is 2.38 bits per heavy atom. The molecule has 9 heteroatoms. The fourth-order valence-corrected chi connectivity index (χ4v) is 2.31. The third-order valence-corrected chi connectivity index (χ3v) is 3.44. The first-order valence-electron chi connectivity index (χ1n) is 7.18. The molecule has 0 saturated carbocycles. The summed E-state index contributed by atoms with van der Waals surface area (Å²) >= 11 is 0. The quantitative estimate of drug-likeness (QED) is 0.669. The van der Waals surface area contributed by atoms with Crippen LogP contribution in [-0.2, 0) is 10.9 Å². The first-order valence-corrected chi connectivity index (χ1v) is 7.18. The zero-order chi connectivity index (χ0) is 18.0. The highest BCUT2D eigenvalue weighted by Gasteiger charge is 2.35. The predicted molar refractivity (Wildman–Crippen MR) is 92.9 cm³/mol. The largest absolute Gasteiger partial charge is 0.465 e. The molecular formula is C17H13ClF3N3O2. The number of nitrogens with one attached hydrogen (secondary N) is 1. The number of aromatic nitrogens is 2. The van der Waals surface area contributed by atoms with E-state index < -0.39 is 18.0 Å². The smallest absolute Gasteiger partial charge is 0.451 e. The van der Waals surface area contributed by atoms with Gasteiger partial charge in [0.2, 0.25) is 5.82 Å². The zero-order valence-electron chi connectivity index (χ0n) is 13.4. The lowest BCUT2D eigenvalue weighted by Crippen LogP contribution is -2.13. The second-order valence-electron chi connectivity index (χ2n) is 5.07. The molecule has 2 aromatic carbocycles. The van der Waals surface area contributed by atoms with E-state index in [9.17, 15) is 18.0 Å². The van der Waals surface area contributed by atoms with Gasteiger partial charge in [-0.3, -0.25) is 0 Å². The van der Waals surface area contributed by atoms with Crippen molar-refractivity contribution in [3.63, 3.8) is 0 Å². The number of fused-ring (bicyclic) bond motifs is 1. The van der Waals surface area contributed by atoms with Gasteiger partial charge in [-0.05, 0) is 24.3 Å². The minimum atomic E-state index is -4.69. The van der Waals surface area contributed by atoms with Crippen molar-refractivity contribution in [2.45, 2.75) is 6.18 Å². The molecule has 3 aromatic rings. The van der Waals surface area contributed by atoms with E-state index in [1.807, 2.05) is 0 Å². The van der Waals surface area contributed by atoms with Crippen LogP contribution in [0.2, 0.25) is 0 Å². The molecule has 0 saturated heterocycles. The fraction of sp³-hybridized carbons (Fsp3) is 0.118. The number of benzene rings is 2. The van der Waals surface area contributed by atoms with Gasteiger partial charge < -0.3 is 10.1 Å². The number of alkyl halides is 3. The van der Waals surface area contributed by atoms with Gasteiger partial charge in [-0.1, -0.05) is 24.3 Å². The molecule has 0 aliphatic carbocycles. The highest BCUT2D eigenvalue weighted by atomic mass is 35.5. The number of hydrogen-bond acceptors (Lipinski definition) is 5. The van der Waals surface area contributed by atoms with Crippen LogP contribution < -0.4 is 5.32 Å². The molecule has 0 amide bonds. The highest BCUT2D eigenvalue weighted by molar-refractivity contribution is 5.98. The standard InChI is InChI=1S/C17H12F3N3O2.ClH/c1-25-15(24)11-7-3-5-9-13(11)21-14-10-6-2-4-8-12(10)22-16(23-14)17(18,19)20;/h2-9H,1H3,(H,21,22,23);1H. The van der Waals surface area contributed by atoms with Gasteiger partial charge in [-0.15, -0.1) is 12.4 Å². The molecule has 0 bridgehead atoms. The van der Waals surface area contributed by atoms with Crippen LogP contribution >= 0.6 is 12.4 Å². The number of carbonyl (C=O) groups is 1. The monoisotopic (exact) mass is 383 g/mol. The van der Waals surface area contributed by atoms with E-state index in [1.54, 1.807) is 36.4 Å². The predicted octanol–water partition coefficient (Wildman–Crippen LogP) is 4.60. The van der Waals surface area contributed by atoms with Crippen molar-refractivity contribution in [1.29, 1.82) is 0 Å². The molecule has 0 spiro atoms. The third-order valence-electron chi connectivity index (χ3n) is 3.44. The van der Waals surface area contributed by atoms with Crippen LogP contribution in [-0.4, -0.2) is 23.0 Å². The molecule has 1 aromatic heterocycles. The molecule has 3 rings (SSSR count). The second-order valence-corrected chi connectivity index (χ2v) is 5.07. The molecule has 0 aliphatic rings. The van der Waals surface area contributed by atoms with E-state index >= 15 is 0 Å². The van der Waals surface area contributed by atoms with Gasteiger partial charge >= 0.3 is 12.1 Å². The van der Waals surface area contributed by atoms with Crippen LogP contribution in [0.5, 0.6) is 0 Å². The first-order chi connectivity index (χ1) is 11.9. The number of methoxy groups -OCH3 is 1. The lowest BCUT2D eigenvalue weighted by molar-refractivity contribution is -0.144. The number of esters is 1. The van der Waals surface area contributed by atoms with E-state index in [4.69, 9.17) is 0 Å². The van der Waals surface area contributed by atoms with Crippen molar-refractivity contribution in [1.82, 2.24) is 9.97 Å². The maximum atomic E-state index is 13.1. The van der Waals surface area contributed by atoms with Gasteiger partial charge in [0, 0.05) is 5.39 Å². The summed E-state index contributed by atoms with van der Waals surface area (Å²) in [5.74, 6) is -1.92. The van der Waals surface area contributed by atoms with Gasteiger partial charge in [-0.25, -0.2) is 14.8 Å². The lowest BCUT2D eigenvalue weighted by Gasteiger charge is -2.14. The maximum absolute atomic E-state index is 13.1. The topological polar surface area (TPSA) is 64.1 Å². The Bertz CT molecular complexity index is 948. The van der Waals surface area contributed by atoms with Crippen molar-refractivity contribution in [3.8, 4) is 0 Å². The molecule has 0 fully saturated rings. The normalized spacial score (nSPS) is 10.9. The first kappa shape index (κ1) is 19.5. The van der Waals surface area contributed by atoms with Crippen molar-refractivity contribution in [2.24, 2.45) is 0 Å². The number of halogens is 4. The number of ether oxygens (including phenoxy) is 1. The lowest BCUT2D eigenvalue weighted by atomic mass is 10.1. The molecule has 0 aliphatic heterocycles. The molecule has 0 atom stereocenters. The summed E-state index contributed by atoms with van der Waals surface area (Å²) in [6.07, 6.45) is -4.69. The third kappa shape index (κ3) is 3.85. The molecular weight excluding hydrogens is 371 g/mol.